The molecule has 0 aliphatic rings. The van der Waals surface area contributed by atoms with Crippen LogP contribution in [0, 0.1) is 0 Å². The first-order valence-electron chi connectivity index (χ1n) is 5.68. The molecule has 0 aromatic heterocycles. The topological polar surface area (TPSA) is 32.3 Å². The molecule has 0 fully saturated rings. The lowest BCUT2D eigenvalue weighted by atomic mass is 10.1. The van der Waals surface area contributed by atoms with Gasteiger partial charge in [-0.1, -0.05) is 31.2 Å². The van der Waals surface area contributed by atoms with Gasteiger partial charge in [0.15, 0.2) is 0 Å². The number of aryl methyl sites for hydroxylation is 1. The summed E-state index contributed by atoms with van der Waals surface area (Å²) in [6, 6.07) is 9.05. The molecular weight excluding hydrogens is 186 g/mol. The Labute approximate surface area is 92.3 Å². The molecule has 2 nitrogen and oxygen atoms in total. The quantitative estimate of drug-likeness (QED) is 0.749. The van der Waals surface area contributed by atoms with E-state index in [4.69, 9.17) is 5.11 Å². The van der Waals surface area contributed by atoms with Crippen LogP contribution in [-0.2, 0) is 13.0 Å². The van der Waals surface area contributed by atoms with E-state index in [2.05, 4.69) is 43.4 Å². The first-order chi connectivity index (χ1) is 7.26. The van der Waals surface area contributed by atoms with E-state index in [1.807, 2.05) is 0 Å². The smallest absolute Gasteiger partial charge is 0.0445 e. The monoisotopic (exact) mass is 207 g/mol. The van der Waals surface area contributed by atoms with Crippen LogP contribution in [0.2, 0.25) is 0 Å². The van der Waals surface area contributed by atoms with Crippen LogP contribution in [0.4, 0.5) is 0 Å². The van der Waals surface area contributed by atoms with E-state index in [1.165, 1.54) is 11.1 Å². The maximum absolute atomic E-state index is 8.76. The molecule has 0 saturated carbocycles. The molecule has 0 spiro atoms. The lowest BCUT2D eigenvalue weighted by Crippen LogP contribution is -2.26. The van der Waals surface area contributed by atoms with Crippen molar-refractivity contribution in [3.63, 3.8) is 0 Å². The SMILES string of the molecule is CCc1ccc(CNC(C)CCO)cc1. The number of hydrogen-bond donors (Lipinski definition) is 2. The standard InChI is InChI=1S/C13H21NO/c1-3-12-4-6-13(7-5-12)10-14-11(2)8-9-15/h4-7,11,14-15H,3,8-10H2,1-2H3. The average molecular weight is 207 g/mol. The van der Waals surface area contributed by atoms with Crippen molar-refractivity contribution < 1.29 is 5.11 Å². The number of hydrogen-bond acceptors (Lipinski definition) is 2. The van der Waals surface area contributed by atoms with Gasteiger partial charge in [0.05, 0.1) is 0 Å². The van der Waals surface area contributed by atoms with Crippen molar-refractivity contribution in [2.45, 2.75) is 39.3 Å². The van der Waals surface area contributed by atoms with Gasteiger partial charge in [0.25, 0.3) is 0 Å². The van der Waals surface area contributed by atoms with E-state index < -0.39 is 0 Å². The number of aliphatic hydroxyl groups is 1. The van der Waals surface area contributed by atoms with Crippen LogP contribution in [-0.4, -0.2) is 17.8 Å². The molecule has 0 heterocycles. The van der Waals surface area contributed by atoms with Gasteiger partial charge in [-0.3, -0.25) is 0 Å². The summed E-state index contributed by atoms with van der Waals surface area (Å²) in [6.07, 6.45) is 1.90. The summed E-state index contributed by atoms with van der Waals surface area (Å²) in [4.78, 5) is 0. The van der Waals surface area contributed by atoms with Gasteiger partial charge in [-0.15, -0.1) is 0 Å². The van der Waals surface area contributed by atoms with Crippen molar-refractivity contribution in [3.8, 4) is 0 Å². The Kier molecular flexibility index (Phi) is 5.37. The van der Waals surface area contributed by atoms with Crippen LogP contribution in [0.3, 0.4) is 0 Å². The minimum Gasteiger partial charge on any atom is -0.396 e. The zero-order valence-corrected chi connectivity index (χ0v) is 9.66. The Balaban J connectivity index is 2.37. The van der Waals surface area contributed by atoms with E-state index in [1.54, 1.807) is 0 Å². The molecule has 1 rings (SSSR count). The maximum atomic E-state index is 8.76. The Morgan fingerprint density at radius 3 is 2.33 bits per heavy atom. The molecule has 0 aliphatic heterocycles. The molecule has 1 unspecified atom stereocenters. The van der Waals surface area contributed by atoms with Gasteiger partial charge >= 0.3 is 0 Å². The summed E-state index contributed by atoms with van der Waals surface area (Å²) in [5.41, 5.74) is 2.68. The predicted octanol–water partition coefficient (Wildman–Crippen LogP) is 2.11. The second-order valence-corrected chi connectivity index (χ2v) is 3.96. The van der Waals surface area contributed by atoms with Gasteiger partial charge in [-0.25, -0.2) is 0 Å². The zero-order chi connectivity index (χ0) is 11.1. The first-order valence-corrected chi connectivity index (χ1v) is 5.68. The molecular formula is C13H21NO. The number of aliphatic hydroxyl groups excluding tert-OH is 1. The fraction of sp³-hybridized carbons (Fsp3) is 0.538. The molecule has 0 amide bonds. The molecule has 1 atom stereocenters. The molecule has 2 N–H and O–H groups in total. The lowest BCUT2D eigenvalue weighted by molar-refractivity contribution is 0.268. The summed E-state index contributed by atoms with van der Waals surface area (Å²) >= 11 is 0. The van der Waals surface area contributed by atoms with Crippen LogP contribution in [0.25, 0.3) is 0 Å². The molecule has 84 valence electrons. The largest absolute Gasteiger partial charge is 0.396 e. The van der Waals surface area contributed by atoms with Gasteiger partial charge in [0.2, 0.25) is 0 Å². The third-order valence-electron chi connectivity index (χ3n) is 2.65. The van der Waals surface area contributed by atoms with E-state index in [-0.39, 0.29) is 6.61 Å². The third-order valence-corrected chi connectivity index (χ3v) is 2.65. The summed E-state index contributed by atoms with van der Waals surface area (Å²) in [5, 5.41) is 12.1. The second-order valence-electron chi connectivity index (χ2n) is 3.96. The Hall–Kier alpha value is -0.860. The zero-order valence-electron chi connectivity index (χ0n) is 9.66. The molecule has 1 aromatic rings. The predicted molar refractivity (Wildman–Crippen MR) is 63.8 cm³/mol. The highest BCUT2D eigenvalue weighted by Gasteiger charge is 2.00. The fourth-order valence-electron chi connectivity index (χ4n) is 1.48. The minimum absolute atomic E-state index is 0.253. The highest BCUT2D eigenvalue weighted by atomic mass is 16.3. The van der Waals surface area contributed by atoms with E-state index in [0.29, 0.717) is 6.04 Å². The Bertz CT molecular complexity index is 268. The fourth-order valence-corrected chi connectivity index (χ4v) is 1.48. The third kappa shape index (κ3) is 4.45. The Morgan fingerprint density at radius 1 is 1.20 bits per heavy atom. The number of rotatable bonds is 6. The van der Waals surface area contributed by atoms with Crippen molar-refractivity contribution in [2.24, 2.45) is 0 Å². The maximum Gasteiger partial charge on any atom is 0.0445 e. The van der Waals surface area contributed by atoms with Gasteiger partial charge in [-0.05, 0) is 30.9 Å². The summed E-state index contributed by atoms with van der Waals surface area (Å²) in [6.45, 7) is 5.39. The lowest BCUT2D eigenvalue weighted by Gasteiger charge is -2.12. The molecule has 1 aromatic carbocycles. The normalized spacial score (nSPS) is 12.7. The van der Waals surface area contributed by atoms with Crippen LogP contribution in [0.1, 0.15) is 31.4 Å². The van der Waals surface area contributed by atoms with Gasteiger partial charge < -0.3 is 10.4 Å². The summed E-state index contributed by atoms with van der Waals surface area (Å²) < 4.78 is 0. The van der Waals surface area contributed by atoms with Crippen molar-refractivity contribution in [3.05, 3.63) is 35.4 Å². The van der Waals surface area contributed by atoms with Gasteiger partial charge in [0.1, 0.15) is 0 Å². The average Bonchev–Trinajstić information content (AvgIpc) is 2.27. The molecule has 15 heavy (non-hydrogen) atoms. The first kappa shape index (κ1) is 12.2. The summed E-state index contributed by atoms with van der Waals surface area (Å²) in [7, 11) is 0. The van der Waals surface area contributed by atoms with E-state index >= 15 is 0 Å². The van der Waals surface area contributed by atoms with Crippen LogP contribution >= 0.6 is 0 Å². The van der Waals surface area contributed by atoms with Crippen LogP contribution in [0.15, 0.2) is 24.3 Å². The van der Waals surface area contributed by atoms with Gasteiger partial charge in [0, 0.05) is 19.2 Å². The van der Waals surface area contributed by atoms with Crippen LogP contribution in [0.5, 0.6) is 0 Å². The number of nitrogens with one attached hydrogen (secondary N) is 1. The molecule has 0 bridgehead atoms. The molecule has 0 saturated heterocycles. The van der Waals surface area contributed by atoms with Crippen molar-refractivity contribution in [1.29, 1.82) is 0 Å². The second kappa shape index (κ2) is 6.59. The minimum atomic E-state index is 0.253. The highest BCUT2D eigenvalue weighted by Crippen LogP contribution is 2.05. The van der Waals surface area contributed by atoms with Crippen molar-refractivity contribution in [1.82, 2.24) is 5.32 Å². The van der Waals surface area contributed by atoms with E-state index in [9.17, 15) is 0 Å². The molecule has 0 aliphatic carbocycles. The van der Waals surface area contributed by atoms with Gasteiger partial charge in [-0.2, -0.15) is 0 Å². The molecule has 0 radical (unpaired) electrons. The van der Waals surface area contributed by atoms with Crippen molar-refractivity contribution >= 4 is 0 Å². The summed E-state index contributed by atoms with van der Waals surface area (Å²) in [5.74, 6) is 0. The highest BCUT2D eigenvalue weighted by molar-refractivity contribution is 5.22. The van der Waals surface area contributed by atoms with Crippen molar-refractivity contribution in [2.75, 3.05) is 6.61 Å². The molecule has 2 heteroatoms. The van der Waals surface area contributed by atoms with Crippen LogP contribution < -0.4 is 5.32 Å². The Morgan fingerprint density at radius 2 is 1.80 bits per heavy atom. The number of benzene rings is 1. The van der Waals surface area contributed by atoms with E-state index in [0.717, 1.165) is 19.4 Å².